The lowest BCUT2D eigenvalue weighted by Gasteiger charge is -2.32. The molecule has 2 aliphatic rings. The summed E-state index contributed by atoms with van der Waals surface area (Å²) in [6.07, 6.45) is 4.37. The van der Waals surface area contributed by atoms with Crippen molar-refractivity contribution in [2.24, 2.45) is 10.9 Å². The number of hydrogen-bond acceptors (Lipinski definition) is 4. The van der Waals surface area contributed by atoms with Gasteiger partial charge in [0.1, 0.15) is 0 Å². The number of aliphatic imine (C=N–C) groups is 1. The van der Waals surface area contributed by atoms with Gasteiger partial charge in [0.05, 0.1) is 25.9 Å². The third-order valence-corrected chi connectivity index (χ3v) is 5.82. The summed E-state index contributed by atoms with van der Waals surface area (Å²) in [4.78, 5) is 18.8. The average Bonchev–Trinajstić information content (AvgIpc) is 3.30. The van der Waals surface area contributed by atoms with Gasteiger partial charge in [-0.25, -0.2) is 0 Å². The summed E-state index contributed by atoms with van der Waals surface area (Å²) in [5.41, 5.74) is 1.39. The normalized spacial score (nSPS) is 21.5. The first kappa shape index (κ1) is 22.6. The lowest BCUT2D eigenvalue weighted by Crippen LogP contribution is -2.49. The van der Waals surface area contributed by atoms with E-state index in [1.807, 2.05) is 11.8 Å². The predicted octanol–water partition coefficient (Wildman–Crippen LogP) is 1.83. The van der Waals surface area contributed by atoms with Gasteiger partial charge in [0.15, 0.2) is 5.96 Å². The van der Waals surface area contributed by atoms with Crippen LogP contribution in [0.1, 0.15) is 31.7 Å². The summed E-state index contributed by atoms with van der Waals surface area (Å²) in [5, 5.41) is 6.43. The van der Waals surface area contributed by atoms with E-state index in [9.17, 15) is 4.79 Å². The number of benzene rings is 1. The number of guanidine groups is 1. The van der Waals surface area contributed by atoms with Gasteiger partial charge in [0.2, 0.25) is 5.91 Å². The van der Waals surface area contributed by atoms with E-state index in [1.54, 1.807) is 7.05 Å². The highest BCUT2D eigenvalue weighted by Gasteiger charge is 2.23. The zero-order valence-corrected chi connectivity index (χ0v) is 18.3. The Hall–Kier alpha value is -2.12. The molecule has 7 nitrogen and oxygen atoms in total. The van der Waals surface area contributed by atoms with Gasteiger partial charge >= 0.3 is 0 Å². The number of piperidine rings is 1. The standard InChI is InChI=1S/C23H36N4O3/c1-18(16-30-21-10-13-29-17-21)26-23(24-2)25-15-22(28)27-11-8-20(9-12-27)14-19-6-4-3-5-7-19/h3-7,18,20-21H,8-17H2,1-2H3,(H2,24,25,26). The van der Waals surface area contributed by atoms with Crippen molar-refractivity contribution >= 4 is 11.9 Å². The minimum atomic E-state index is 0.0978. The molecule has 0 aromatic heterocycles. The number of nitrogens with zero attached hydrogens (tertiary/aromatic N) is 2. The van der Waals surface area contributed by atoms with Crippen LogP contribution in [0.25, 0.3) is 0 Å². The Kier molecular flexibility index (Phi) is 8.96. The van der Waals surface area contributed by atoms with Gasteiger partial charge in [-0.3, -0.25) is 9.79 Å². The van der Waals surface area contributed by atoms with Crippen LogP contribution in [-0.2, 0) is 20.7 Å². The monoisotopic (exact) mass is 416 g/mol. The lowest BCUT2D eigenvalue weighted by atomic mass is 9.90. The number of nitrogens with one attached hydrogen (secondary N) is 2. The summed E-state index contributed by atoms with van der Waals surface area (Å²) < 4.78 is 11.2. The van der Waals surface area contributed by atoms with Crippen LogP contribution < -0.4 is 10.6 Å². The van der Waals surface area contributed by atoms with Crippen LogP contribution in [0.2, 0.25) is 0 Å². The van der Waals surface area contributed by atoms with E-state index in [-0.39, 0.29) is 24.6 Å². The van der Waals surface area contributed by atoms with E-state index in [2.05, 4.69) is 46.0 Å². The maximum atomic E-state index is 12.6. The summed E-state index contributed by atoms with van der Waals surface area (Å²) in [6.45, 7) is 6.00. The van der Waals surface area contributed by atoms with E-state index < -0.39 is 0 Å². The molecule has 0 radical (unpaired) electrons. The van der Waals surface area contributed by atoms with Crippen molar-refractivity contribution in [2.75, 3.05) is 46.5 Å². The molecule has 0 saturated carbocycles. The first-order valence-electron chi connectivity index (χ1n) is 11.1. The lowest BCUT2D eigenvalue weighted by molar-refractivity contribution is -0.131. The highest BCUT2D eigenvalue weighted by atomic mass is 16.5. The van der Waals surface area contributed by atoms with Crippen LogP contribution in [0, 0.1) is 5.92 Å². The molecule has 2 fully saturated rings. The van der Waals surface area contributed by atoms with Crippen molar-refractivity contribution in [1.82, 2.24) is 15.5 Å². The van der Waals surface area contributed by atoms with E-state index in [0.717, 1.165) is 45.4 Å². The van der Waals surface area contributed by atoms with Crippen molar-refractivity contribution in [3.63, 3.8) is 0 Å². The molecule has 7 heteroatoms. The second kappa shape index (κ2) is 11.9. The molecule has 0 bridgehead atoms. The summed E-state index contributed by atoms with van der Waals surface area (Å²) in [7, 11) is 1.72. The van der Waals surface area contributed by atoms with E-state index in [4.69, 9.17) is 9.47 Å². The van der Waals surface area contributed by atoms with Gasteiger partial charge < -0.3 is 25.0 Å². The zero-order chi connectivity index (χ0) is 21.2. The van der Waals surface area contributed by atoms with Gasteiger partial charge in [-0.15, -0.1) is 0 Å². The smallest absolute Gasteiger partial charge is 0.241 e. The highest BCUT2D eigenvalue weighted by molar-refractivity contribution is 5.86. The summed E-state index contributed by atoms with van der Waals surface area (Å²) in [6, 6.07) is 10.7. The van der Waals surface area contributed by atoms with Gasteiger partial charge in [-0.05, 0) is 44.1 Å². The quantitative estimate of drug-likeness (QED) is 0.500. The molecule has 1 amide bonds. The van der Waals surface area contributed by atoms with Gasteiger partial charge in [-0.1, -0.05) is 30.3 Å². The maximum absolute atomic E-state index is 12.6. The number of amides is 1. The van der Waals surface area contributed by atoms with Crippen molar-refractivity contribution in [2.45, 2.75) is 44.8 Å². The molecule has 2 atom stereocenters. The van der Waals surface area contributed by atoms with Crippen molar-refractivity contribution < 1.29 is 14.3 Å². The Labute approximate surface area is 180 Å². The molecule has 0 spiro atoms. The molecule has 3 rings (SSSR count). The van der Waals surface area contributed by atoms with Crippen molar-refractivity contribution in [3.8, 4) is 0 Å². The molecule has 1 aromatic carbocycles. The molecule has 2 N–H and O–H groups in total. The van der Waals surface area contributed by atoms with Crippen LogP contribution in [0.4, 0.5) is 0 Å². The maximum Gasteiger partial charge on any atom is 0.241 e. The Balaban J connectivity index is 1.33. The molecule has 166 valence electrons. The van der Waals surface area contributed by atoms with Gasteiger partial charge in [0.25, 0.3) is 0 Å². The molecule has 2 heterocycles. The topological polar surface area (TPSA) is 75.2 Å². The van der Waals surface area contributed by atoms with Crippen molar-refractivity contribution in [3.05, 3.63) is 35.9 Å². The minimum absolute atomic E-state index is 0.0978. The van der Waals surface area contributed by atoms with Crippen LogP contribution in [0.3, 0.4) is 0 Å². The average molecular weight is 417 g/mol. The molecule has 30 heavy (non-hydrogen) atoms. The largest absolute Gasteiger partial charge is 0.379 e. The molecular weight excluding hydrogens is 380 g/mol. The fraction of sp³-hybridized carbons (Fsp3) is 0.652. The van der Waals surface area contributed by atoms with Crippen LogP contribution >= 0.6 is 0 Å². The number of ether oxygens (including phenoxy) is 2. The number of carbonyl (C=O) groups is 1. The first-order valence-corrected chi connectivity index (χ1v) is 11.1. The molecule has 1 aromatic rings. The molecule has 2 saturated heterocycles. The number of likely N-dealkylation sites (tertiary alicyclic amines) is 1. The zero-order valence-electron chi connectivity index (χ0n) is 18.3. The minimum Gasteiger partial charge on any atom is -0.379 e. The second-order valence-corrected chi connectivity index (χ2v) is 8.30. The SMILES string of the molecule is CN=C(NCC(=O)N1CCC(Cc2ccccc2)CC1)NC(C)COC1CCOC1. The third kappa shape index (κ3) is 7.29. The van der Waals surface area contributed by atoms with E-state index >= 15 is 0 Å². The predicted molar refractivity (Wildman–Crippen MR) is 119 cm³/mol. The fourth-order valence-electron chi connectivity index (χ4n) is 4.00. The van der Waals surface area contributed by atoms with Crippen LogP contribution in [0.5, 0.6) is 0 Å². The molecular formula is C23H36N4O3. The van der Waals surface area contributed by atoms with Crippen molar-refractivity contribution in [1.29, 1.82) is 0 Å². The third-order valence-electron chi connectivity index (χ3n) is 5.82. The fourth-order valence-corrected chi connectivity index (χ4v) is 4.00. The molecule has 2 aliphatic heterocycles. The second-order valence-electron chi connectivity index (χ2n) is 8.30. The first-order chi connectivity index (χ1) is 14.6. The highest BCUT2D eigenvalue weighted by Crippen LogP contribution is 2.21. The molecule has 0 aliphatic carbocycles. The van der Waals surface area contributed by atoms with Crippen LogP contribution in [0.15, 0.2) is 35.3 Å². The Morgan fingerprint density at radius 2 is 2.03 bits per heavy atom. The van der Waals surface area contributed by atoms with E-state index in [1.165, 1.54) is 5.56 Å². The summed E-state index contributed by atoms with van der Waals surface area (Å²) in [5.74, 6) is 1.41. The Morgan fingerprint density at radius 3 is 2.70 bits per heavy atom. The summed E-state index contributed by atoms with van der Waals surface area (Å²) >= 11 is 0. The van der Waals surface area contributed by atoms with Gasteiger partial charge in [-0.2, -0.15) is 0 Å². The van der Waals surface area contributed by atoms with E-state index in [0.29, 0.717) is 25.1 Å². The Morgan fingerprint density at radius 1 is 1.27 bits per heavy atom. The molecule has 2 unspecified atom stereocenters. The Bertz CT molecular complexity index is 668. The van der Waals surface area contributed by atoms with Crippen LogP contribution in [-0.4, -0.2) is 75.4 Å². The number of carbonyl (C=O) groups excluding carboxylic acids is 1. The number of hydrogen-bond donors (Lipinski definition) is 2. The van der Waals surface area contributed by atoms with Gasteiger partial charge in [0, 0.05) is 32.8 Å². The number of rotatable bonds is 8.